The van der Waals surface area contributed by atoms with Gasteiger partial charge in [0.05, 0.1) is 5.02 Å². The van der Waals surface area contributed by atoms with Crippen molar-refractivity contribution in [3.63, 3.8) is 0 Å². The summed E-state index contributed by atoms with van der Waals surface area (Å²) in [5.41, 5.74) is 0.0763. The molecule has 0 heterocycles. The van der Waals surface area contributed by atoms with E-state index in [2.05, 4.69) is 15.9 Å². The van der Waals surface area contributed by atoms with Crippen LogP contribution in [0.25, 0.3) is 0 Å². The minimum absolute atomic E-state index is 0.0763. The average Bonchev–Trinajstić information content (AvgIpc) is 2.10. The maximum Gasteiger partial charge on any atom is 0.337 e. The minimum Gasteiger partial charge on any atom is -0.479 e. The van der Waals surface area contributed by atoms with E-state index in [4.69, 9.17) is 28.3 Å². The fourth-order valence-electron chi connectivity index (χ4n) is 0.881. The highest BCUT2D eigenvalue weighted by Crippen LogP contribution is 2.32. The van der Waals surface area contributed by atoms with Gasteiger partial charge < -0.3 is 10.2 Å². The molecule has 0 fully saturated rings. The normalized spacial score (nSPS) is 12.6. The molecule has 1 unspecified atom stereocenters. The van der Waals surface area contributed by atoms with E-state index in [9.17, 15) is 9.90 Å². The standard InChI is InChI=1S/C8H5BrCl2O3/c9-4-2-5(10)3(1-6(4)11)7(12)8(13)14/h1-2,7,12H,(H,13,14). The molecule has 3 nitrogen and oxygen atoms in total. The van der Waals surface area contributed by atoms with Crippen LogP contribution >= 0.6 is 39.1 Å². The summed E-state index contributed by atoms with van der Waals surface area (Å²) < 4.78 is 0.547. The number of halogens is 3. The summed E-state index contributed by atoms with van der Waals surface area (Å²) in [6, 6.07) is 2.75. The Morgan fingerprint density at radius 1 is 1.36 bits per heavy atom. The predicted octanol–water partition coefficient (Wildman–Crippen LogP) is 2.87. The predicted molar refractivity (Wildman–Crippen MR) is 56.8 cm³/mol. The lowest BCUT2D eigenvalue weighted by Crippen LogP contribution is -2.10. The summed E-state index contributed by atoms with van der Waals surface area (Å²) in [7, 11) is 0. The Bertz CT molecular complexity index is 381. The average molecular weight is 300 g/mol. The highest BCUT2D eigenvalue weighted by molar-refractivity contribution is 9.10. The molecule has 0 aromatic heterocycles. The molecule has 0 saturated heterocycles. The van der Waals surface area contributed by atoms with Crippen LogP contribution in [0.4, 0.5) is 0 Å². The van der Waals surface area contributed by atoms with Crippen LogP contribution in [0.15, 0.2) is 16.6 Å². The highest BCUT2D eigenvalue weighted by Gasteiger charge is 2.20. The Balaban J connectivity index is 3.22. The van der Waals surface area contributed by atoms with Gasteiger partial charge in [-0.05, 0) is 28.1 Å². The first-order chi connectivity index (χ1) is 6.43. The van der Waals surface area contributed by atoms with Crippen LogP contribution in [0.3, 0.4) is 0 Å². The molecule has 14 heavy (non-hydrogen) atoms. The third kappa shape index (κ3) is 2.39. The third-order valence-electron chi connectivity index (χ3n) is 1.57. The Hall–Kier alpha value is -0.290. The van der Waals surface area contributed by atoms with E-state index in [1.54, 1.807) is 0 Å². The molecule has 1 atom stereocenters. The second-order valence-corrected chi connectivity index (χ2v) is 4.20. The SMILES string of the molecule is O=C(O)C(O)c1cc(Cl)c(Br)cc1Cl. The molecule has 0 aliphatic heterocycles. The van der Waals surface area contributed by atoms with Crippen molar-refractivity contribution in [2.75, 3.05) is 0 Å². The molecule has 2 N–H and O–H groups in total. The van der Waals surface area contributed by atoms with E-state index in [1.807, 2.05) is 0 Å². The van der Waals surface area contributed by atoms with E-state index >= 15 is 0 Å². The fourth-order valence-corrected chi connectivity index (χ4v) is 1.79. The Kier molecular flexibility index (Phi) is 3.78. The number of benzene rings is 1. The number of aliphatic hydroxyl groups excluding tert-OH is 1. The zero-order valence-electron chi connectivity index (χ0n) is 6.67. The molecule has 1 rings (SSSR count). The maximum absolute atomic E-state index is 10.5. The zero-order valence-corrected chi connectivity index (χ0v) is 9.77. The van der Waals surface area contributed by atoms with E-state index in [0.717, 1.165) is 0 Å². The van der Waals surface area contributed by atoms with E-state index in [1.165, 1.54) is 12.1 Å². The van der Waals surface area contributed by atoms with Crippen molar-refractivity contribution in [2.45, 2.75) is 6.10 Å². The summed E-state index contributed by atoms with van der Waals surface area (Å²) in [4.78, 5) is 10.5. The molecular formula is C8H5BrCl2O3. The van der Waals surface area contributed by atoms with Crippen LogP contribution in [0.2, 0.25) is 10.0 Å². The van der Waals surface area contributed by atoms with Crippen molar-refractivity contribution in [1.82, 2.24) is 0 Å². The second kappa shape index (κ2) is 4.49. The molecule has 0 bridgehead atoms. The quantitative estimate of drug-likeness (QED) is 0.826. The highest BCUT2D eigenvalue weighted by atomic mass is 79.9. The first-order valence-electron chi connectivity index (χ1n) is 3.48. The minimum atomic E-state index is -1.66. The number of rotatable bonds is 2. The Labute approximate surface area is 98.4 Å². The van der Waals surface area contributed by atoms with Crippen LogP contribution in [-0.4, -0.2) is 16.2 Å². The fraction of sp³-hybridized carbons (Fsp3) is 0.125. The molecule has 0 radical (unpaired) electrons. The summed E-state index contributed by atoms with van der Waals surface area (Å²) >= 11 is 14.6. The molecule has 0 spiro atoms. The van der Waals surface area contributed by atoms with Gasteiger partial charge in [-0.15, -0.1) is 0 Å². The monoisotopic (exact) mass is 298 g/mol. The van der Waals surface area contributed by atoms with Gasteiger partial charge in [0.15, 0.2) is 6.10 Å². The molecule has 76 valence electrons. The van der Waals surface area contributed by atoms with Gasteiger partial charge in [0.25, 0.3) is 0 Å². The van der Waals surface area contributed by atoms with Crippen molar-refractivity contribution in [3.8, 4) is 0 Å². The van der Waals surface area contributed by atoms with E-state index < -0.39 is 12.1 Å². The van der Waals surface area contributed by atoms with Crippen LogP contribution in [0.1, 0.15) is 11.7 Å². The van der Waals surface area contributed by atoms with Crippen LogP contribution in [0, 0.1) is 0 Å². The van der Waals surface area contributed by atoms with Gasteiger partial charge in [-0.25, -0.2) is 4.79 Å². The maximum atomic E-state index is 10.5. The number of hydrogen-bond acceptors (Lipinski definition) is 2. The number of aliphatic hydroxyl groups is 1. The lowest BCUT2D eigenvalue weighted by molar-refractivity contribution is -0.146. The van der Waals surface area contributed by atoms with Gasteiger partial charge in [-0.3, -0.25) is 0 Å². The summed E-state index contributed by atoms with van der Waals surface area (Å²) in [6.07, 6.45) is -1.66. The Morgan fingerprint density at radius 2 is 1.93 bits per heavy atom. The van der Waals surface area contributed by atoms with Gasteiger partial charge >= 0.3 is 5.97 Å². The number of carbonyl (C=O) groups is 1. The lowest BCUT2D eigenvalue weighted by atomic mass is 10.1. The van der Waals surface area contributed by atoms with Crippen molar-refractivity contribution in [3.05, 3.63) is 32.2 Å². The van der Waals surface area contributed by atoms with Crippen molar-refractivity contribution in [1.29, 1.82) is 0 Å². The van der Waals surface area contributed by atoms with Crippen molar-refractivity contribution in [2.24, 2.45) is 0 Å². The largest absolute Gasteiger partial charge is 0.479 e. The first-order valence-corrected chi connectivity index (χ1v) is 5.03. The molecular weight excluding hydrogens is 295 g/mol. The molecule has 0 aliphatic carbocycles. The van der Waals surface area contributed by atoms with Gasteiger partial charge in [0.2, 0.25) is 0 Å². The molecule has 1 aromatic rings. The van der Waals surface area contributed by atoms with Crippen LogP contribution in [-0.2, 0) is 4.79 Å². The molecule has 0 aliphatic rings. The lowest BCUT2D eigenvalue weighted by Gasteiger charge is -2.09. The number of aliphatic carboxylic acids is 1. The molecule has 6 heteroatoms. The molecule has 0 amide bonds. The van der Waals surface area contributed by atoms with Crippen LogP contribution in [0.5, 0.6) is 0 Å². The van der Waals surface area contributed by atoms with E-state index in [0.29, 0.717) is 9.50 Å². The van der Waals surface area contributed by atoms with E-state index in [-0.39, 0.29) is 10.6 Å². The van der Waals surface area contributed by atoms with Gasteiger partial charge in [-0.2, -0.15) is 0 Å². The number of carboxylic acid groups (broad SMARTS) is 1. The third-order valence-corrected chi connectivity index (χ3v) is 3.09. The summed E-state index contributed by atoms with van der Waals surface area (Å²) in [5.74, 6) is -1.37. The smallest absolute Gasteiger partial charge is 0.337 e. The second-order valence-electron chi connectivity index (χ2n) is 2.53. The van der Waals surface area contributed by atoms with Crippen molar-refractivity contribution >= 4 is 45.1 Å². The van der Waals surface area contributed by atoms with Crippen LogP contribution < -0.4 is 0 Å². The first kappa shape index (κ1) is 11.8. The molecule has 0 saturated carbocycles. The van der Waals surface area contributed by atoms with Gasteiger partial charge in [-0.1, -0.05) is 23.2 Å². The number of hydrogen-bond donors (Lipinski definition) is 2. The Morgan fingerprint density at radius 3 is 2.43 bits per heavy atom. The van der Waals surface area contributed by atoms with Crippen molar-refractivity contribution < 1.29 is 15.0 Å². The summed E-state index contributed by atoms with van der Waals surface area (Å²) in [5, 5.41) is 18.2. The topological polar surface area (TPSA) is 57.5 Å². The zero-order chi connectivity index (χ0) is 10.9. The summed E-state index contributed by atoms with van der Waals surface area (Å²) in [6.45, 7) is 0. The van der Waals surface area contributed by atoms with Gasteiger partial charge in [0.1, 0.15) is 0 Å². The van der Waals surface area contributed by atoms with Gasteiger partial charge in [0, 0.05) is 15.1 Å². The number of carboxylic acids is 1. The molecule has 1 aromatic carbocycles.